The number of nitrogen functional groups attached to an aromatic ring is 1. The average Bonchev–Trinajstić information content (AvgIpc) is 2.25. The van der Waals surface area contributed by atoms with Gasteiger partial charge in [0.25, 0.3) is 5.91 Å². The molecule has 0 atom stereocenters. The predicted octanol–water partition coefficient (Wildman–Crippen LogP) is 0.577. The molecule has 5 nitrogen and oxygen atoms in total. The minimum atomic E-state index is -0.357. The van der Waals surface area contributed by atoms with Gasteiger partial charge in [-0.25, -0.2) is 5.48 Å². The van der Waals surface area contributed by atoms with Gasteiger partial charge in [-0.1, -0.05) is 12.1 Å². The SMILES string of the molecule is COCCONC(=O)c1ccccc1N. The van der Waals surface area contributed by atoms with Gasteiger partial charge in [0.05, 0.1) is 18.8 Å². The maximum Gasteiger partial charge on any atom is 0.276 e. The molecule has 0 unspecified atom stereocenters. The van der Waals surface area contributed by atoms with Crippen LogP contribution in [0.4, 0.5) is 5.69 Å². The molecule has 0 heterocycles. The normalized spacial score (nSPS) is 9.93. The van der Waals surface area contributed by atoms with Gasteiger partial charge in [-0.3, -0.25) is 9.63 Å². The Bertz CT molecular complexity index is 328. The first-order chi connectivity index (χ1) is 7.25. The number of rotatable bonds is 5. The number of methoxy groups -OCH3 is 1. The molecule has 15 heavy (non-hydrogen) atoms. The number of carbonyl (C=O) groups is 1. The van der Waals surface area contributed by atoms with E-state index >= 15 is 0 Å². The van der Waals surface area contributed by atoms with Gasteiger partial charge in [0.2, 0.25) is 0 Å². The first-order valence-corrected chi connectivity index (χ1v) is 4.51. The van der Waals surface area contributed by atoms with Crippen LogP contribution in [-0.2, 0) is 9.57 Å². The van der Waals surface area contributed by atoms with Crippen LogP contribution < -0.4 is 11.2 Å². The molecule has 0 aromatic heterocycles. The van der Waals surface area contributed by atoms with Gasteiger partial charge in [0.15, 0.2) is 0 Å². The molecule has 0 aliphatic rings. The smallest absolute Gasteiger partial charge is 0.276 e. The molecule has 0 spiro atoms. The van der Waals surface area contributed by atoms with E-state index in [4.69, 9.17) is 15.3 Å². The molecule has 0 fully saturated rings. The molecule has 0 aliphatic carbocycles. The second kappa shape index (κ2) is 6.00. The van der Waals surface area contributed by atoms with Crippen molar-refractivity contribution in [3.8, 4) is 0 Å². The Balaban J connectivity index is 2.44. The van der Waals surface area contributed by atoms with Crippen molar-refractivity contribution in [3.63, 3.8) is 0 Å². The zero-order valence-electron chi connectivity index (χ0n) is 8.53. The Morgan fingerprint density at radius 1 is 1.40 bits per heavy atom. The van der Waals surface area contributed by atoms with Crippen molar-refractivity contribution in [2.75, 3.05) is 26.1 Å². The van der Waals surface area contributed by atoms with Gasteiger partial charge in [-0.05, 0) is 12.1 Å². The highest BCUT2D eigenvalue weighted by Crippen LogP contribution is 2.09. The van der Waals surface area contributed by atoms with Crippen molar-refractivity contribution in [2.45, 2.75) is 0 Å². The van der Waals surface area contributed by atoms with Crippen LogP contribution in [0.2, 0.25) is 0 Å². The number of para-hydroxylation sites is 1. The first-order valence-electron chi connectivity index (χ1n) is 4.51. The maximum absolute atomic E-state index is 11.5. The Morgan fingerprint density at radius 2 is 2.13 bits per heavy atom. The predicted molar refractivity (Wildman–Crippen MR) is 56.1 cm³/mol. The summed E-state index contributed by atoms with van der Waals surface area (Å²) >= 11 is 0. The van der Waals surface area contributed by atoms with Crippen LogP contribution in [0.15, 0.2) is 24.3 Å². The van der Waals surface area contributed by atoms with Crippen LogP contribution in [0.5, 0.6) is 0 Å². The third-order valence-electron chi connectivity index (χ3n) is 1.76. The van der Waals surface area contributed by atoms with Crippen LogP contribution in [0.25, 0.3) is 0 Å². The van der Waals surface area contributed by atoms with Crippen LogP contribution in [0.3, 0.4) is 0 Å². The van der Waals surface area contributed by atoms with Gasteiger partial charge in [-0.2, -0.15) is 0 Å². The van der Waals surface area contributed by atoms with Crippen LogP contribution in [0, 0.1) is 0 Å². The highest BCUT2D eigenvalue weighted by atomic mass is 16.7. The first kappa shape index (κ1) is 11.5. The van der Waals surface area contributed by atoms with Gasteiger partial charge in [0.1, 0.15) is 0 Å². The summed E-state index contributed by atoms with van der Waals surface area (Å²) < 4.78 is 4.75. The molecule has 0 aliphatic heterocycles. The largest absolute Gasteiger partial charge is 0.398 e. The number of hydrogen-bond donors (Lipinski definition) is 2. The number of nitrogens with two attached hydrogens (primary N) is 1. The van der Waals surface area contributed by atoms with Gasteiger partial charge in [0, 0.05) is 12.8 Å². The monoisotopic (exact) mass is 210 g/mol. The number of amides is 1. The Kier molecular flexibility index (Phi) is 4.59. The van der Waals surface area contributed by atoms with Crippen LogP contribution in [-0.4, -0.2) is 26.2 Å². The Morgan fingerprint density at radius 3 is 2.80 bits per heavy atom. The highest BCUT2D eigenvalue weighted by molar-refractivity contribution is 5.98. The minimum Gasteiger partial charge on any atom is -0.398 e. The molecular weight excluding hydrogens is 196 g/mol. The van der Waals surface area contributed by atoms with Gasteiger partial charge < -0.3 is 10.5 Å². The average molecular weight is 210 g/mol. The molecule has 0 bridgehead atoms. The van der Waals surface area contributed by atoms with Crippen molar-refractivity contribution in [2.24, 2.45) is 0 Å². The van der Waals surface area contributed by atoms with Crippen molar-refractivity contribution < 1.29 is 14.4 Å². The fraction of sp³-hybridized carbons (Fsp3) is 0.300. The van der Waals surface area contributed by atoms with E-state index in [1.165, 1.54) is 0 Å². The summed E-state index contributed by atoms with van der Waals surface area (Å²) in [5.74, 6) is -0.357. The molecule has 1 aromatic carbocycles. The lowest BCUT2D eigenvalue weighted by atomic mass is 10.2. The van der Waals surface area contributed by atoms with E-state index < -0.39 is 0 Å². The lowest BCUT2D eigenvalue weighted by Crippen LogP contribution is -2.26. The molecule has 1 aromatic rings. The number of carbonyl (C=O) groups excluding carboxylic acids is 1. The molecule has 5 heteroatoms. The van der Waals surface area contributed by atoms with E-state index in [0.29, 0.717) is 24.5 Å². The molecule has 3 N–H and O–H groups in total. The summed E-state index contributed by atoms with van der Waals surface area (Å²) in [6.45, 7) is 0.722. The van der Waals surface area contributed by atoms with E-state index in [2.05, 4.69) is 5.48 Å². The lowest BCUT2D eigenvalue weighted by Gasteiger charge is -2.06. The topological polar surface area (TPSA) is 73.6 Å². The Labute approximate surface area is 88.1 Å². The summed E-state index contributed by atoms with van der Waals surface area (Å²) in [4.78, 5) is 16.3. The molecule has 82 valence electrons. The quantitative estimate of drug-likeness (QED) is 0.423. The van der Waals surface area contributed by atoms with Gasteiger partial charge in [-0.15, -0.1) is 0 Å². The number of anilines is 1. The molecule has 1 rings (SSSR count). The van der Waals surface area contributed by atoms with E-state index in [9.17, 15) is 4.79 Å². The van der Waals surface area contributed by atoms with Gasteiger partial charge >= 0.3 is 0 Å². The summed E-state index contributed by atoms with van der Waals surface area (Å²) in [7, 11) is 1.56. The molecular formula is C10H14N2O3. The molecule has 1 amide bonds. The summed E-state index contributed by atoms with van der Waals surface area (Å²) in [6.07, 6.45) is 0. The number of nitrogens with one attached hydrogen (secondary N) is 1. The fourth-order valence-corrected chi connectivity index (χ4v) is 1.00. The fourth-order valence-electron chi connectivity index (χ4n) is 1.00. The standard InChI is InChI=1S/C10H14N2O3/c1-14-6-7-15-12-10(13)8-4-2-3-5-9(8)11/h2-5H,6-7,11H2,1H3,(H,12,13). The van der Waals surface area contributed by atoms with Crippen LogP contribution >= 0.6 is 0 Å². The summed E-state index contributed by atoms with van der Waals surface area (Å²) in [5, 5.41) is 0. The van der Waals surface area contributed by atoms with Crippen molar-refractivity contribution in [1.82, 2.24) is 5.48 Å². The molecule has 0 saturated carbocycles. The van der Waals surface area contributed by atoms with E-state index in [1.807, 2.05) is 0 Å². The Hall–Kier alpha value is -1.59. The number of ether oxygens (including phenoxy) is 1. The zero-order valence-corrected chi connectivity index (χ0v) is 8.53. The van der Waals surface area contributed by atoms with Crippen LogP contribution in [0.1, 0.15) is 10.4 Å². The summed E-state index contributed by atoms with van der Waals surface area (Å²) in [5.41, 5.74) is 8.71. The second-order valence-electron chi connectivity index (χ2n) is 2.86. The third-order valence-corrected chi connectivity index (χ3v) is 1.76. The number of hydroxylamine groups is 1. The van der Waals surface area contributed by atoms with E-state index in [1.54, 1.807) is 31.4 Å². The summed E-state index contributed by atoms with van der Waals surface area (Å²) in [6, 6.07) is 6.78. The third kappa shape index (κ3) is 3.57. The molecule has 0 radical (unpaired) electrons. The van der Waals surface area contributed by atoms with Crippen molar-refractivity contribution >= 4 is 11.6 Å². The minimum absolute atomic E-state index is 0.301. The number of benzene rings is 1. The van der Waals surface area contributed by atoms with Crippen molar-refractivity contribution in [3.05, 3.63) is 29.8 Å². The highest BCUT2D eigenvalue weighted by Gasteiger charge is 2.07. The van der Waals surface area contributed by atoms with Crippen molar-refractivity contribution in [1.29, 1.82) is 0 Å². The second-order valence-corrected chi connectivity index (χ2v) is 2.86. The number of hydrogen-bond acceptors (Lipinski definition) is 4. The zero-order chi connectivity index (χ0) is 11.1. The molecule has 0 saturated heterocycles. The van der Waals surface area contributed by atoms with E-state index in [0.717, 1.165) is 0 Å². The lowest BCUT2D eigenvalue weighted by molar-refractivity contribution is 0.00894. The van der Waals surface area contributed by atoms with E-state index in [-0.39, 0.29) is 5.91 Å². The maximum atomic E-state index is 11.5.